The summed E-state index contributed by atoms with van der Waals surface area (Å²) in [6.45, 7) is 4.90. The minimum atomic E-state index is -0.739. The molecule has 0 bridgehead atoms. The molecule has 6 rings (SSSR count). The first-order valence-corrected chi connectivity index (χ1v) is 17.5. The maximum absolute atomic E-state index is 14.0. The number of fused-ring (bicyclic) bond motifs is 1. The van der Waals surface area contributed by atoms with Crippen LogP contribution in [0.4, 0.5) is 5.69 Å². The molecule has 2 aliphatic heterocycles. The Labute approximate surface area is 291 Å². The SMILES string of the molecule is CO[C@@H]1CN([C@H]2C[C@@H](COC3CCC(C(=O)O)CC3)N(C(=O)Cc3cc(Cl)c(NC(=O)c4cn(C)c5ccccc45)cc3Cl)C2)C[C@H]1C. The summed E-state index contributed by atoms with van der Waals surface area (Å²) in [5, 5.41) is 13.7. The van der Waals surface area contributed by atoms with Crippen LogP contribution in [0.1, 0.15) is 54.9 Å². The average molecular weight is 700 g/mol. The second-order valence-electron chi connectivity index (χ2n) is 13.7. The summed E-state index contributed by atoms with van der Waals surface area (Å²) in [6, 6.07) is 11.0. The van der Waals surface area contributed by atoms with E-state index in [1.54, 1.807) is 25.4 Å². The fourth-order valence-corrected chi connectivity index (χ4v) is 8.18. The van der Waals surface area contributed by atoms with E-state index in [9.17, 15) is 19.5 Å². The van der Waals surface area contributed by atoms with Gasteiger partial charge in [-0.15, -0.1) is 0 Å². The molecule has 2 N–H and O–H groups in total. The van der Waals surface area contributed by atoms with Crippen LogP contribution >= 0.6 is 23.2 Å². The summed E-state index contributed by atoms with van der Waals surface area (Å²) in [5.41, 5.74) is 2.42. The highest BCUT2D eigenvalue weighted by Crippen LogP contribution is 2.34. The molecule has 258 valence electrons. The zero-order valence-corrected chi connectivity index (χ0v) is 29.2. The van der Waals surface area contributed by atoms with Gasteiger partial charge in [-0.3, -0.25) is 19.3 Å². The number of benzene rings is 2. The Balaban J connectivity index is 1.14. The molecule has 12 heteroatoms. The Morgan fingerprint density at radius 3 is 2.48 bits per heavy atom. The Bertz CT molecular complexity index is 1670. The number of ether oxygens (including phenoxy) is 2. The van der Waals surface area contributed by atoms with Crippen molar-refractivity contribution in [2.45, 2.75) is 69.7 Å². The predicted octanol–water partition coefficient (Wildman–Crippen LogP) is 5.88. The van der Waals surface area contributed by atoms with Crippen molar-refractivity contribution in [3.63, 3.8) is 0 Å². The maximum atomic E-state index is 14.0. The van der Waals surface area contributed by atoms with Crippen LogP contribution < -0.4 is 5.32 Å². The van der Waals surface area contributed by atoms with Crippen LogP contribution in [0.3, 0.4) is 0 Å². The second-order valence-corrected chi connectivity index (χ2v) is 14.5. The first-order valence-electron chi connectivity index (χ1n) is 16.8. The molecule has 10 nitrogen and oxygen atoms in total. The van der Waals surface area contributed by atoms with Gasteiger partial charge in [0.05, 0.1) is 53.5 Å². The number of likely N-dealkylation sites (tertiary alicyclic amines) is 2. The summed E-state index contributed by atoms with van der Waals surface area (Å²) in [4.78, 5) is 43.0. The van der Waals surface area contributed by atoms with Gasteiger partial charge in [-0.05, 0) is 61.8 Å². The fraction of sp³-hybridized carbons (Fsp3) is 0.528. The van der Waals surface area contributed by atoms with E-state index in [0.29, 0.717) is 71.6 Å². The van der Waals surface area contributed by atoms with E-state index in [1.165, 1.54) is 0 Å². The fourth-order valence-electron chi connectivity index (χ4n) is 7.72. The Morgan fingerprint density at radius 2 is 1.77 bits per heavy atom. The molecular formula is C36H44Cl2N4O6. The summed E-state index contributed by atoms with van der Waals surface area (Å²) in [6.07, 6.45) is 5.41. The van der Waals surface area contributed by atoms with Crippen molar-refractivity contribution in [3.05, 3.63) is 63.8 Å². The van der Waals surface area contributed by atoms with E-state index in [-0.39, 0.29) is 48.4 Å². The van der Waals surface area contributed by atoms with E-state index in [1.807, 2.05) is 40.8 Å². The number of aryl methyl sites for hydroxylation is 1. The van der Waals surface area contributed by atoms with Gasteiger partial charge < -0.3 is 29.4 Å². The van der Waals surface area contributed by atoms with E-state index in [0.717, 1.165) is 30.4 Å². The van der Waals surface area contributed by atoms with E-state index < -0.39 is 5.97 Å². The molecule has 3 aliphatic rings. The molecule has 0 radical (unpaired) electrons. The molecule has 2 aromatic carbocycles. The minimum absolute atomic E-state index is 0.00818. The highest BCUT2D eigenvalue weighted by atomic mass is 35.5. The smallest absolute Gasteiger partial charge is 0.306 e. The quantitative estimate of drug-likeness (QED) is 0.272. The average Bonchev–Trinajstić information content (AvgIpc) is 3.77. The summed E-state index contributed by atoms with van der Waals surface area (Å²) in [5.74, 6) is -1.01. The maximum Gasteiger partial charge on any atom is 0.306 e. The van der Waals surface area contributed by atoms with E-state index in [4.69, 9.17) is 32.7 Å². The molecule has 2 saturated heterocycles. The Hall–Kier alpha value is -3.15. The van der Waals surface area contributed by atoms with Crippen LogP contribution in [0.25, 0.3) is 10.9 Å². The normalized spacial score (nSPS) is 26.3. The molecular weight excluding hydrogens is 655 g/mol. The number of rotatable bonds is 10. The molecule has 3 heterocycles. The van der Waals surface area contributed by atoms with Crippen LogP contribution in [-0.4, -0.2) is 94.9 Å². The van der Waals surface area contributed by atoms with Gasteiger partial charge in [0, 0.05) is 62.0 Å². The van der Waals surface area contributed by atoms with E-state index in [2.05, 4.69) is 17.1 Å². The Kier molecular flexibility index (Phi) is 10.7. The van der Waals surface area contributed by atoms with Crippen LogP contribution in [-0.2, 0) is 32.5 Å². The Morgan fingerprint density at radius 1 is 1.02 bits per heavy atom. The molecule has 0 unspecified atom stereocenters. The number of aliphatic carboxylic acids is 1. The monoisotopic (exact) mass is 698 g/mol. The van der Waals surface area contributed by atoms with Crippen LogP contribution in [0, 0.1) is 11.8 Å². The number of nitrogens with zero attached hydrogens (tertiary/aromatic N) is 3. The van der Waals surface area contributed by atoms with E-state index >= 15 is 0 Å². The molecule has 3 aromatic rings. The number of methoxy groups -OCH3 is 1. The van der Waals surface area contributed by atoms with Crippen LogP contribution in [0.15, 0.2) is 42.6 Å². The largest absolute Gasteiger partial charge is 0.481 e. The first-order chi connectivity index (χ1) is 23.0. The molecule has 0 spiro atoms. The zero-order chi connectivity index (χ0) is 34.1. The molecule has 48 heavy (non-hydrogen) atoms. The number of anilines is 1. The standard InChI is InChI=1S/C36H44Cl2N4O6/c1-21-16-41(19-33(21)47-3)24-14-25(20-48-26-10-8-22(9-11-26)36(45)46)42(17-24)34(43)13-23-12-30(38)31(15-29(23)37)39-35(44)28-18-40(2)32-7-5-4-6-27(28)32/h4-7,12,15,18,21-22,24-26,33H,8-11,13-14,16-17,19-20H2,1-3H3,(H,39,44)(H,45,46)/t21-,22?,24+,25+,26?,33-/m1/s1. The number of amides is 2. The van der Waals surface area contributed by atoms with Crippen LogP contribution in [0.2, 0.25) is 10.0 Å². The molecule has 3 fully saturated rings. The number of carboxylic acid groups (broad SMARTS) is 1. The van der Waals surface area contributed by atoms with Gasteiger partial charge in [-0.25, -0.2) is 0 Å². The van der Waals surface area contributed by atoms with Crippen molar-refractivity contribution in [2.24, 2.45) is 18.9 Å². The third-order valence-corrected chi connectivity index (χ3v) is 11.2. The molecule has 4 atom stereocenters. The van der Waals surface area contributed by atoms with Crippen molar-refractivity contribution in [1.29, 1.82) is 0 Å². The number of carboxylic acids is 1. The summed E-state index contributed by atoms with van der Waals surface area (Å²) in [7, 11) is 3.64. The minimum Gasteiger partial charge on any atom is -0.481 e. The second kappa shape index (κ2) is 14.8. The number of halogens is 2. The molecule has 1 aliphatic carbocycles. The summed E-state index contributed by atoms with van der Waals surface area (Å²) < 4.78 is 13.9. The number of aromatic nitrogens is 1. The number of carbonyl (C=O) groups excluding carboxylic acids is 2. The van der Waals surface area contributed by atoms with Crippen molar-refractivity contribution >= 4 is 57.6 Å². The zero-order valence-electron chi connectivity index (χ0n) is 27.7. The lowest BCUT2D eigenvalue weighted by atomic mass is 9.87. The van der Waals surface area contributed by atoms with Gasteiger partial charge in [-0.1, -0.05) is 48.3 Å². The molecule has 1 saturated carbocycles. The van der Waals surface area contributed by atoms with Crippen LogP contribution in [0.5, 0.6) is 0 Å². The third kappa shape index (κ3) is 7.38. The lowest BCUT2D eigenvalue weighted by Crippen LogP contribution is -2.41. The number of para-hydroxylation sites is 1. The van der Waals surface area contributed by atoms with Gasteiger partial charge in [-0.2, -0.15) is 0 Å². The number of hydrogen-bond acceptors (Lipinski definition) is 6. The lowest BCUT2D eigenvalue weighted by molar-refractivity contribution is -0.144. The van der Waals surface area contributed by atoms with Crippen molar-refractivity contribution < 1.29 is 29.0 Å². The highest BCUT2D eigenvalue weighted by molar-refractivity contribution is 6.36. The number of nitrogens with one attached hydrogen (secondary N) is 1. The van der Waals surface area contributed by atoms with Gasteiger partial charge >= 0.3 is 5.97 Å². The number of carbonyl (C=O) groups is 3. The predicted molar refractivity (Wildman–Crippen MR) is 186 cm³/mol. The summed E-state index contributed by atoms with van der Waals surface area (Å²) >= 11 is 13.4. The topological polar surface area (TPSA) is 113 Å². The first kappa shape index (κ1) is 34.7. The van der Waals surface area contributed by atoms with Gasteiger partial charge in [0.2, 0.25) is 5.91 Å². The van der Waals surface area contributed by atoms with Gasteiger partial charge in [0.15, 0.2) is 0 Å². The highest BCUT2D eigenvalue weighted by Gasteiger charge is 2.42. The molecule has 2 amide bonds. The number of hydrogen-bond donors (Lipinski definition) is 2. The van der Waals surface area contributed by atoms with Gasteiger partial charge in [0.1, 0.15) is 0 Å². The lowest BCUT2D eigenvalue weighted by Gasteiger charge is -2.30. The van der Waals surface area contributed by atoms with Crippen molar-refractivity contribution in [3.8, 4) is 0 Å². The van der Waals surface area contributed by atoms with Gasteiger partial charge in [0.25, 0.3) is 5.91 Å². The van der Waals surface area contributed by atoms with Crippen molar-refractivity contribution in [1.82, 2.24) is 14.4 Å². The molecule has 1 aromatic heterocycles. The third-order valence-electron chi connectivity index (χ3n) is 10.5. The van der Waals surface area contributed by atoms with Crippen molar-refractivity contribution in [2.75, 3.05) is 38.7 Å².